The summed E-state index contributed by atoms with van der Waals surface area (Å²) in [5, 5.41) is 7.77. The highest BCUT2D eigenvalue weighted by Gasteiger charge is 2.12. The Labute approximate surface area is 134 Å². The fourth-order valence-electron chi connectivity index (χ4n) is 1.94. The van der Waals surface area contributed by atoms with Crippen LogP contribution in [0.4, 0.5) is 0 Å². The lowest BCUT2D eigenvalue weighted by molar-refractivity contribution is 0.544. The molecular formula is C15H22BrN5. The molecule has 2 rings (SSSR count). The molecule has 2 aromatic heterocycles. The van der Waals surface area contributed by atoms with Gasteiger partial charge in [0.1, 0.15) is 11.5 Å². The molecule has 0 saturated heterocycles. The summed E-state index contributed by atoms with van der Waals surface area (Å²) in [6, 6.07) is 0. The molecule has 0 spiro atoms. The van der Waals surface area contributed by atoms with Crippen LogP contribution in [0.15, 0.2) is 23.1 Å². The zero-order chi connectivity index (χ0) is 15.4. The van der Waals surface area contributed by atoms with Crippen LogP contribution < -0.4 is 5.32 Å². The van der Waals surface area contributed by atoms with Crippen molar-refractivity contribution in [3.05, 3.63) is 34.6 Å². The van der Waals surface area contributed by atoms with E-state index >= 15 is 0 Å². The largest absolute Gasteiger partial charge is 0.311 e. The fourth-order valence-corrected chi connectivity index (χ4v) is 2.22. The van der Waals surface area contributed by atoms with Crippen LogP contribution in [0, 0.1) is 5.92 Å². The molecular weight excluding hydrogens is 330 g/mol. The van der Waals surface area contributed by atoms with Gasteiger partial charge in [-0.05, 0) is 28.4 Å². The molecule has 114 valence electrons. The average molecular weight is 352 g/mol. The predicted octanol–water partition coefficient (Wildman–Crippen LogP) is 3.29. The Kier molecular flexibility index (Phi) is 5.47. The number of aromatic nitrogens is 4. The van der Waals surface area contributed by atoms with E-state index in [1.165, 1.54) is 0 Å². The van der Waals surface area contributed by atoms with Gasteiger partial charge in [0.25, 0.3) is 0 Å². The lowest BCUT2D eigenvalue weighted by atomic mass is 10.2. The summed E-state index contributed by atoms with van der Waals surface area (Å²) in [4.78, 5) is 9.16. The van der Waals surface area contributed by atoms with E-state index in [2.05, 4.69) is 59.0 Å². The number of nitrogens with one attached hydrogen (secondary N) is 1. The van der Waals surface area contributed by atoms with Gasteiger partial charge in [0, 0.05) is 18.7 Å². The second kappa shape index (κ2) is 7.13. The molecule has 2 heterocycles. The Bertz CT molecular complexity index is 591. The summed E-state index contributed by atoms with van der Waals surface area (Å²) in [6.07, 6.45) is 5.54. The van der Waals surface area contributed by atoms with Crippen molar-refractivity contribution in [2.24, 2.45) is 5.92 Å². The molecule has 0 radical (unpaired) electrons. The highest BCUT2D eigenvalue weighted by Crippen LogP contribution is 2.17. The van der Waals surface area contributed by atoms with E-state index in [0.29, 0.717) is 18.4 Å². The summed E-state index contributed by atoms with van der Waals surface area (Å²) in [6.45, 7) is 10.3. The molecule has 1 N–H and O–H groups in total. The normalized spacial score (nSPS) is 11.6. The number of rotatable bonds is 6. The van der Waals surface area contributed by atoms with Crippen molar-refractivity contribution in [1.29, 1.82) is 0 Å². The zero-order valence-corrected chi connectivity index (χ0v) is 14.6. The Morgan fingerprint density at radius 2 is 2.00 bits per heavy atom. The summed E-state index contributed by atoms with van der Waals surface area (Å²) in [5.41, 5.74) is 1.89. The van der Waals surface area contributed by atoms with Crippen LogP contribution >= 0.6 is 15.9 Å². The van der Waals surface area contributed by atoms with Gasteiger partial charge in [0.05, 0.1) is 22.6 Å². The molecule has 0 bridgehead atoms. The molecule has 0 aliphatic rings. The molecule has 0 atom stereocenters. The standard InChI is InChI=1S/C15H22BrN5/c1-10(2)5-17-7-13-14(21-9-12(16)6-19-21)8-18-15(20-13)11(3)4/h6,8-11,17H,5,7H2,1-4H3. The van der Waals surface area contributed by atoms with E-state index in [4.69, 9.17) is 4.98 Å². The molecule has 0 saturated carbocycles. The average Bonchev–Trinajstić information content (AvgIpc) is 2.84. The molecule has 0 aliphatic carbocycles. The van der Waals surface area contributed by atoms with Crippen LogP contribution in [0.3, 0.4) is 0 Å². The second-order valence-corrected chi connectivity index (χ2v) is 6.76. The third-order valence-electron chi connectivity index (χ3n) is 3.02. The van der Waals surface area contributed by atoms with E-state index in [0.717, 1.165) is 28.2 Å². The molecule has 0 amide bonds. The van der Waals surface area contributed by atoms with Gasteiger partial charge in [-0.1, -0.05) is 27.7 Å². The minimum Gasteiger partial charge on any atom is -0.311 e. The quantitative estimate of drug-likeness (QED) is 0.867. The third kappa shape index (κ3) is 4.35. The highest BCUT2D eigenvalue weighted by atomic mass is 79.9. The molecule has 0 fully saturated rings. The smallest absolute Gasteiger partial charge is 0.131 e. The summed E-state index contributed by atoms with van der Waals surface area (Å²) in [7, 11) is 0. The lowest BCUT2D eigenvalue weighted by Gasteiger charge is -2.13. The summed E-state index contributed by atoms with van der Waals surface area (Å²) < 4.78 is 2.75. The maximum atomic E-state index is 4.70. The maximum Gasteiger partial charge on any atom is 0.131 e. The maximum absolute atomic E-state index is 4.70. The Balaban J connectivity index is 2.29. The van der Waals surface area contributed by atoms with Crippen molar-refractivity contribution in [2.75, 3.05) is 6.54 Å². The molecule has 5 nitrogen and oxygen atoms in total. The van der Waals surface area contributed by atoms with Crippen molar-refractivity contribution in [3.8, 4) is 5.69 Å². The zero-order valence-electron chi connectivity index (χ0n) is 13.0. The first-order valence-corrected chi connectivity index (χ1v) is 8.03. The molecule has 0 aromatic carbocycles. The van der Waals surface area contributed by atoms with Crippen LogP contribution in [0.5, 0.6) is 0 Å². The first-order valence-electron chi connectivity index (χ1n) is 7.24. The van der Waals surface area contributed by atoms with Gasteiger partial charge in [0.15, 0.2) is 0 Å². The van der Waals surface area contributed by atoms with Crippen LogP contribution in [0.2, 0.25) is 0 Å². The van der Waals surface area contributed by atoms with Crippen molar-refractivity contribution < 1.29 is 0 Å². The van der Waals surface area contributed by atoms with E-state index in [1.54, 1.807) is 10.9 Å². The number of hydrogen-bond acceptors (Lipinski definition) is 4. The van der Waals surface area contributed by atoms with Gasteiger partial charge in [-0.15, -0.1) is 0 Å². The van der Waals surface area contributed by atoms with Gasteiger partial charge in [-0.25, -0.2) is 14.6 Å². The summed E-state index contributed by atoms with van der Waals surface area (Å²) in [5.74, 6) is 1.79. The fraction of sp³-hybridized carbons (Fsp3) is 0.533. The van der Waals surface area contributed by atoms with Crippen LogP contribution in [-0.2, 0) is 6.54 Å². The SMILES string of the molecule is CC(C)CNCc1nc(C(C)C)ncc1-n1cc(Br)cn1. The summed E-state index contributed by atoms with van der Waals surface area (Å²) >= 11 is 3.42. The highest BCUT2D eigenvalue weighted by molar-refractivity contribution is 9.10. The van der Waals surface area contributed by atoms with Crippen molar-refractivity contribution >= 4 is 15.9 Å². The van der Waals surface area contributed by atoms with E-state index in [1.807, 2.05) is 12.4 Å². The van der Waals surface area contributed by atoms with Crippen molar-refractivity contribution in [3.63, 3.8) is 0 Å². The predicted molar refractivity (Wildman–Crippen MR) is 87.5 cm³/mol. The Hall–Kier alpha value is -1.27. The lowest BCUT2D eigenvalue weighted by Crippen LogP contribution is -2.21. The first-order chi connectivity index (χ1) is 9.97. The number of nitrogens with zero attached hydrogens (tertiary/aromatic N) is 4. The minimum atomic E-state index is 0.312. The van der Waals surface area contributed by atoms with Crippen molar-refractivity contribution in [2.45, 2.75) is 40.2 Å². The van der Waals surface area contributed by atoms with E-state index in [9.17, 15) is 0 Å². The second-order valence-electron chi connectivity index (χ2n) is 5.84. The Morgan fingerprint density at radius 1 is 1.24 bits per heavy atom. The molecule has 2 aromatic rings. The van der Waals surface area contributed by atoms with Gasteiger partial charge in [-0.3, -0.25) is 0 Å². The first kappa shape index (κ1) is 16.1. The minimum absolute atomic E-state index is 0.312. The molecule has 21 heavy (non-hydrogen) atoms. The third-order valence-corrected chi connectivity index (χ3v) is 3.43. The monoisotopic (exact) mass is 351 g/mol. The van der Waals surface area contributed by atoms with Crippen LogP contribution in [0.25, 0.3) is 5.69 Å². The van der Waals surface area contributed by atoms with E-state index < -0.39 is 0 Å². The van der Waals surface area contributed by atoms with Gasteiger partial charge in [0.2, 0.25) is 0 Å². The molecule has 0 unspecified atom stereocenters. The van der Waals surface area contributed by atoms with Gasteiger partial charge < -0.3 is 5.32 Å². The molecule has 0 aliphatic heterocycles. The van der Waals surface area contributed by atoms with Gasteiger partial charge >= 0.3 is 0 Å². The van der Waals surface area contributed by atoms with Crippen LogP contribution in [0.1, 0.15) is 45.1 Å². The van der Waals surface area contributed by atoms with Gasteiger partial charge in [-0.2, -0.15) is 5.10 Å². The Morgan fingerprint density at radius 3 is 2.57 bits per heavy atom. The van der Waals surface area contributed by atoms with E-state index in [-0.39, 0.29) is 0 Å². The van der Waals surface area contributed by atoms with Crippen LogP contribution in [-0.4, -0.2) is 26.3 Å². The van der Waals surface area contributed by atoms with Crippen molar-refractivity contribution in [1.82, 2.24) is 25.1 Å². The topological polar surface area (TPSA) is 55.6 Å². The molecule has 6 heteroatoms. The number of halogens is 1. The number of hydrogen-bond donors (Lipinski definition) is 1.